The van der Waals surface area contributed by atoms with E-state index < -0.39 is 16.1 Å². The fourth-order valence-electron chi connectivity index (χ4n) is 2.20. The number of carbonyl (C=O) groups is 1. The standard InChI is InChI=1S/C17H19ClN2O3S/c1-2-19-17(21)16(12-13-6-4-3-5-7-13)20-24(22,23)15-10-8-14(18)9-11-15/h3-11,16,20H,2,12H2,1H3,(H,19,21). The van der Waals surface area contributed by atoms with Crippen molar-refractivity contribution in [2.75, 3.05) is 6.54 Å². The number of hydrogen-bond donors (Lipinski definition) is 2. The maximum Gasteiger partial charge on any atom is 0.241 e. The molecule has 0 radical (unpaired) electrons. The van der Waals surface area contributed by atoms with E-state index in [-0.39, 0.29) is 17.2 Å². The summed E-state index contributed by atoms with van der Waals surface area (Å²) in [5.74, 6) is -0.362. The maximum absolute atomic E-state index is 12.5. The van der Waals surface area contributed by atoms with E-state index in [0.29, 0.717) is 11.6 Å². The third-order valence-corrected chi connectivity index (χ3v) is 5.11. The molecule has 0 heterocycles. The van der Waals surface area contributed by atoms with Gasteiger partial charge in [-0.1, -0.05) is 41.9 Å². The van der Waals surface area contributed by atoms with Crippen molar-refractivity contribution in [1.29, 1.82) is 0 Å². The van der Waals surface area contributed by atoms with Gasteiger partial charge in [0.15, 0.2) is 0 Å². The monoisotopic (exact) mass is 366 g/mol. The molecule has 128 valence electrons. The SMILES string of the molecule is CCNC(=O)C(Cc1ccccc1)NS(=O)(=O)c1ccc(Cl)cc1. The molecular formula is C17H19ClN2O3S. The molecule has 2 aromatic rings. The summed E-state index contributed by atoms with van der Waals surface area (Å²) < 4.78 is 27.5. The zero-order valence-electron chi connectivity index (χ0n) is 13.2. The predicted molar refractivity (Wildman–Crippen MR) is 94.4 cm³/mol. The highest BCUT2D eigenvalue weighted by Gasteiger charge is 2.25. The number of benzene rings is 2. The molecule has 1 amide bonds. The summed E-state index contributed by atoms with van der Waals surface area (Å²) >= 11 is 5.79. The number of rotatable bonds is 7. The third kappa shape index (κ3) is 5.06. The zero-order valence-corrected chi connectivity index (χ0v) is 14.8. The van der Waals surface area contributed by atoms with Gasteiger partial charge >= 0.3 is 0 Å². The van der Waals surface area contributed by atoms with E-state index in [1.165, 1.54) is 24.3 Å². The number of likely N-dealkylation sites (N-methyl/N-ethyl adjacent to an activating group) is 1. The Morgan fingerprint density at radius 1 is 1.08 bits per heavy atom. The largest absolute Gasteiger partial charge is 0.355 e. The van der Waals surface area contributed by atoms with E-state index in [1.807, 2.05) is 30.3 Å². The molecule has 2 aromatic carbocycles. The van der Waals surface area contributed by atoms with Gasteiger partial charge in [-0.25, -0.2) is 8.42 Å². The highest BCUT2D eigenvalue weighted by molar-refractivity contribution is 7.89. The Bertz CT molecular complexity index is 777. The topological polar surface area (TPSA) is 75.3 Å². The first kappa shape index (κ1) is 18.4. The summed E-state index contributed by atoms with van der Waals surface area (Å²) in [7, 11) is -3.83. The number of hydrogen-bond acceptors (Lipinski definition) is 3. The van der Waals surface area contributed by atoms with Crippen molar-refractivity contribution in [2.24, 2.45) is 0 Å². The van der Waals surface area contributed by atoms with E-state index in [1.54, 1.807) is 6.92 Å². The van der Waals surface area contributed by atoms with Crippen LogP contribution in [0, 0.1) is 0 Å². The summed E-state index contributed by atoms with van der Waals surface area (Å²) in [5.41, 5.74) is 0.868. The molecule has 7 heteroatoms. The smallest absolute Gasteiger partial charge is 0.241 e. The lowest BCUT2D eigenvalue weighted by Gasteiger charge is -2.18. The highest BCUT2D eigenvalue weighted by Crippen LogP contribution is 2.15. The van der Waals surface area contributed by atoms with Crippen LogP contribution in [0.1, 0.15) is 12.5 Å². The van der Waals surface area contributed by atoms with E-state index in [9.17, 15) is 13.2 Å². The van der Waals surface area contributed by atoms with Gasteiger partial charge in [-0.2, -0.15) is 4.72 Å². The van der Waals surface area contributed by atoms with Gasteiger partial charge in [-0.3, -0.25) is 4.79 Å². The fourth-order valence-corrected chi connectivity index (χ4v) is 3.53. The van der Waals surface area contributed by atoms with Gasteiger partial charge < -0.3 is 5.32 Å². The van der Waals surface area contributed by atoms with Crippen LogP contribution in [0.3, 0.4) is 0 Å². The molecule has 2 N–H and O–H groups in total. The molecular weight excluding hydrogens is 348 g/mol. The van der Waals surface area contributed by atoms with Crippen LogP contribution in [0.15, 0.2) is 59.5 Å². The zero-order chi connectivity index (χ0) is 17.6. The van der Waals surface area contributed by atoms with Crippen LogP contribution in [-0.2, 0) is 21.2 Å². The third-order valence-electron chi connectivity index (χ3n) is 3.37. The van der Waals surface area contributed by atoms with Gasteiger partial charge in [-0.05, 0) is 43.2 Å². The molecule has 0 aliphatic heterocycles. The molecule has 1 atom stereocenters. The van der Waals surface area contributed by atoms with Crippen LogP contribution in [0.2, 0.25) is 5.02 Å². The van der Waals surface area contributed by atoms with Crippen molar-refractivity contribution in [3.8, 4) is 0 Å². The lowest BCUT2D eigenvalue weighted by Crippen LogP contribution is -2.47. The molecule has 0 aromatic heterocycles. The summed E-state index contributed by atoms with van der Waals surface area (Å²) in [6.07, 6.45) is 0.263. The first-order valence-corrected chi connectivity index (χ1v) is 9.38. The number of sulfonamides is 1. The first-order chi connectivity index (χ1) is 11.4. The Kier molecular flexibility index (Phi) is 6.36. The molecule has 5 nitrogen and oxygen atoms in total. The van der Waals surface area contributed by atoms with E-state index >= 15 is 0 Å². The molecule has 2 rings (SSSR count). The fraction of sp³-hybridized carbons (Fsp3) is 0.235. The van der Waals surface area contributed by atoms with Crippen LogP contribution in [-0.4, -0.2) is 26.9 Å². The van der Waals surface area contributed by atoms with Gasteiger partial charge in [0.05, 0.1) is 4.90 Å². The molecule has 0 aliphatic carbocycles. The van der Waals surface area contributed by atoms with Gasteiger partial charge in [0.1, 0.15) is 6.04 Å². The van der Waals surface area contributed by atoms with Crippen LogP contribution in [0.5, 0.6) is 0 Å². The Labute approximate surface area is 147 Å². The van der Waals surface area contributed by atoms with Crippen molar-refractivity contribution < 1.29 is 13.2 Å². The Hall–Kier alpha value is -1.89. The molecule has 0 spiro atoms. The van der Waals surface area contributed by atoms with Crippen molar-refractivity contribution in [3.63, 3.8) is 0 Å². The number of halogens is 1. The van der Waals surface area contributed by atoms with Gasteiger partial charge in [-0.15, -0.1) is 0 Å². The summed E-state index contributed by atoms with van der Waals surface area (Å²) in [4.78, 5) is 12.3. The lowest BCUT2D eigenvalue weighted by molar-refractivity contribution is -0.122. The van der Waals surface area contributed by atoms with Crippen LogP contribution in [0.4, 0.5) is 0 Å². The predicted octanol–water partition coefficient (Wildman–Crippen LogP) is 2.37. The quantitative estimate of drug-likeness (QED) is 0.789. The van der Waals surface area contributed by atoms with Crippen LogP contribution in [0.25, 0.3) is 0 Å². The average molecular weight is 367 g/mol. The molecule has 0 fully saturated rings. The molecule has 0 saturated heterocycles. The number of amides is 1. The maximum atomic E-state index is 12.5. The molecule has 1 unspecified atom stereocenters. The van der Waals surface area contributed by atoms with E-state index in [0.717, 1.165) is 5.56 Å². The van der Waals surface area contributed by atoms with Crippen LogP contribution < -0.4 is 10.0 Å². The van der Waals surface area contributed by atoms with Gasteiger partial charge in [0.2, 0.25) is 15.9 Å². The highest BCUT2D eigenvalue weighted by atomic mass is 35.5. The Balaban J connectivity index is 2.23. The Morgan fingerprint density at radius 2 is 1.71 bits per heavy atom. The minimum atomic E-state index is -3.83. The van der Waals surface area contributed by atoms with Gasteiger partial charge in [0, 0.05) is 11.6 Å². The second-order valence-electron chi connectivity index (χ2n) is 5.21. The van der Waals surface area contributed by atoms with Gasteiger partial charge in [0.25, 0.3) is 0 Å². The van der Waals surface area contributed by atoms with Crippen molar-refractivity contribution >= 4 is 27.5 Å². The first-order valence-electron chi connectivity index (χ1n) is 7.52. The number of nitrogens with one attached hydrogen (secondary N) is 2. The molecule has 0 saturated carbocycles. The van der Waals surface area contributed by atoms with Crippen LogP contribution >= 0.6 is 11.6 Å². The summed E-state index contributed by atoms with van der Waals surface area (Å²) in [6.45, 7) is 2.21. The summed E-state index contributed by atoms with van der Waals surface area (Å²) in [6, 6.07) is 14.2. The number of carbonyl (C=O) groups excluding carboxylic acids is 1. The van der Waals surface area contributed by atoms with Crippen molar-refractivity contribution in [1.82, 2.24) is 10.0 Å². The second kappa shape index (κ2) is 8.28. The van der Waals surface area contributed by atoms with E-state index in [4.69, 9.17) is 11.6 Å². The van der Waals surface area contributed by atoms with Crippen molar-refractivity contribution in [3.05, 3.63) is 65.2 Å². The molecule has 24 heavy (non-hydrogen) atoms. The summed E-state index contributed by atoms with van der Waals surface area (Å²) in [5, 5.41) is 3.11. The molecule has 0 bridgehead atoms. The Morgan fingerprint density at radius 3 is 2.29 bits per heavy atom. The van der Waals surface area contributed by atoms with E-state index in [2.05, 4.69) is 10.0 Å². The normalized spacial score (nSPS) is 12.6. The average Bonchev–Trinajstić information content (AvgIpc) is 2.55. The van der Waals surface area contributed by atoms with Crippen molar-refractivity contribution in [2.45, 2.75) is 24.3 Å². The minimum absolute atomic E-state index is 0.0641. The second-order valence-corrected chi connectivity index (χ2v) is 7.36. The molecule has 0 aliphatic rings. The minimum Gasteiger partial charge on any atom is -0.355 e. The lowest BCUT2D eigenvalue weighted by atomic mass is 10.1.